The van der Waals surface area contributed by atoms with Gasteiger partial charge in [0.1, 0.15) is 5.82 Å². The van der Waals surface area contributed by atoms with Crippen LogP contribution >= 0.6 is 0 Å². The molecule has 0 aliphatic carbocycles. The molecule has 0 saturated heterocycles. The lowest BCUT2D eigenvalue weighted by Gasteiger charge is -2.20. The van der Waals surface area contributed by atoms with Crippen LogP contribution in [0, 0.1) is 0 Å². The minimum Gasteiger partial charge on any atom is -0.293 e. The fraction of sp³-hybridized carbons (Fsp3) is 0.129. The van der Waals surface area contributed by atoms with Crippen molar-refractivity contribution in [3.8, 4) is 16.9 Å². The summed E-state index contributed by atoms with van der Waals surface area (Å²) in [6.07, 6.45) is 0. The van der Waals surface area contributed by atoms with Gasteiger partial charge in [-0.2, -0.15) is 0 Å². The SMILES string of the molecule is CC(C)(C)c1ccc(-c2cc3ccccc3nc2-n2c3ccccc3c3ccccc32)cc1. The van der Waals surface area contributed by atoms with Crippen LogP contribution in [0.25, 0.3) is 49.7 Å². The summed E-state index contributed by atoms with van der Waals surface area (Å²) in [4.78, 5) is 5.23. The van der Waals surface area contributed by atoms with Gasteiger partial charge in [0.05, 0.1) is 16.6 Å². The highest BCUT2D eigenvalue weighted by molar-refractivity contribution is 6.09. The molecule has 0 atom stereocenters. The number of hydrogen-bond donors (Lipinski definition) is 0. The van der Waals surface area contributed by atoms with Gasteiger partial charge in [-0.05, 0) is 40.8 Å². The Morgan fingerprint density at radius 3 is 1.85 bits per heavy atom. The van der Waals surface area contributed by atoms with E-state index in [0.717, 1.165) is 22.3 Å². The van der Waals surface area contributed by atoms with Crippen LogP contribution in [0.5, 0.6) is 0 Å². The molecule has 6 aromatic rings. The van der Waals surface area contributed by atoms with E-state index in [-0.39, 0.29) is 5.41 Å². The second-order valence-corrected chi connectivity index (χ2v) is 9.75. The van der Waals surface area contributed by atoms with Gasteiger partial charge in [0, 0.05) is 21.7 Å². The van der Waals surface area contributed by atoms with Gasteiger partial charge in [0.25, 0.3) is 0 Å². The second kappa shape index (κ2) is 7.31. The van der Waals surface area contributed by atoms with Crippen LogP contribution in [-0.4, -0.2) is 9.55 Å². The van der Waals surface area contributed by atoms with Gasteiger partial charge in [0.15, 0.2) is 0 Å². The highest BCUT2D eigenvalue weighted by atomic mass is 15.1. The molecule has 0 saturated carbocycles. The summed E-state index contributed by atoms with van der Waals surface area (Å²) in [6.45, 7) is 6.76. The third-order valence-corrected chi connectivity index (χ3v) is 6.56. The van der Waals surface area contributed by atoms with E-state index in [1.54, 1.807) is 0 Å². The number of pyridine rings is 1. The van der Waals surface area contributed by atoms with Crippen molar-refractivity contribution < 1.29 is 0 Å². The Kier molecular flexibility index (Phi) is 4.38. The van der Waals surface area contributed by atoms with Gasteiger partial charge in [-0.3, -0.25) is 4.57 Å². The van der Waals surface area contributed by atoms with Crippen molar-refractivity contribution in [2.75, 3.05) is 0 Å². The predicted molar refractivity (Wildman–Crippen MR) is 140 cm³/mol. The standard InChI is InChI=1S/C31H26N2/c1-31(2,3)23-18-16-21(17-19-23)26-20-22-10-4-7-13-27(22)32-30(26)33-28-14-8-5-11-24(28)25-12-6-9-15-29(25)33/h4-20H,1-3H3. The Hall–Kier alpha value is -3.91. The molecule has 6 rings (SSSR count). The van der Waals surface area contributed by atoms with E-state index in [0.29, 0.717) is 0 Å². The van der Waals surface area contributed by atoms with E-state index in [1.807, 2.05) is 0 Å². The topological polar surface area (TPSA) is 17.8 Å². The molecule has 2 aromatic heterocycles. The maximum atomic E-state index is 5.23. The van der Waals surface area contributed by atoms with Crippen molar-refractivity contribution in [2.45, 2.75) is 26.2 Å². The Morgan fingerprint density at radius 1 is 0.636 bits per heavy atom. The summed E-state index contributed by atoms with van der Waals surface area (Å²) < 4.78 is 2.32. The largest absolute Gasteiger partial charge is 0.293 e. The second-order valence-electron chi connectivity index (χ2n) is 9.75. The Balaban J connectivity index is 1.70. The molecule has 4 aromatic carbocycles. The van der Waals surface area contributed by atoms with E-state index < -0.39 is 0 Å². The van der Waals surface area contributed by atoms with Crippen LogP contribution < -0.4 is 0 Å². The summed E-state index contributed by atoms with van der Waals surface area (Å²) in [5.41, 5.74) is 7.13. The molecule has 2 heterocycles. The van der Waals surface area contributed by atoms with Crippen molar-refractivity contribution in [1.82, 2.24) is 9.55 Å². The molecule has 0 amide bonds. The van der Waals surface area contributed by atoms with Crippen molar-refractivity contribution in [3.63, 3.8) is 0 Å². The first kappa shape index (κ1) is 19.8. The fourth-order valence-corrected chi connectivity index (χ4v) is 4.79. The van der Waals surface area contributed by atoms with E-state index in [1.165, 1.54) is 32.9 Å². The summed E-state index contributed by atoms with van der Waals surface area (Å²) in [5.74, 6) is 0.967. The van der Waals surface area contributed by atoms with E-state index in [4.69, 9.17) is 4.98 Å². The Labute approximate surface area is 194 Å². The monoisotopic (exact) mass is 426 g/mol. The highest BCUT2D eigenvalue weighted by Gasteiger charge is 2.18. The van der Waals surface area contributed by atoms with Crippen LogP contribution in [-0.2, 0) is 5.41 Å². The lowest BCUT2D eigenvalue weighted by Crippen LogP contribution is -2.10. The van der Waals surface area contributed by atoms with Crippen molar-refractivity contribution in [1.29, 1.82) is 0 Å². The Morgan fingerprint density at radius 2 is 1.21 bits per heavy atom. The van der Waals surface area contributed by atoms with E-state index in [9.17, 15) is 0 Å². The molecule has 160 valence electrons. The van der Waals surface area contributed by atoms with Crippen molar-refractivity contribution in [3.05, 3.63) is 109 Å². The Bertz CT molecular complexity index is 1580. The number of fused-ring (bicyclic) bond motifs is 4. The molecular weight excluding hydrogens is 400 g/mol. The summed E-state index contributed by atoms with van der Waals surface area (Å²) >= 11 is 0. The fourth-order valence-electron chi connectivity index (χ4n) is 4.79. The minimum absolute atomic E-state index is 0.121. The molecule has 0 unspecified atom stereocenters. The van der Waals surface area contributed by atoms with Gasteiger partial charge in [-0.1, -0.05) is 99.6 Å². The summed E-state index contributed by atoms with van der Waals surface area (Å²) in [6, 6.07) is 36.9. The van der Waals surface area contributed by atoms with Crippen LogP contribution in [0.2, 0.25) is 0 Å². The van der Waals surface area contributed by atoms with Crippen LogP contribution in [0.15, 0.2) is 103 Å². The molecule has 2 nitrogen and oxygen atoms in total. The first-order valence-corrected chi connectivity index (χ1v) is 11.5. The first-order chi connectivity index (χ1) is 16.0. The number of para-hydroxylation sites is 3. The molecule has 0 fully saturated rings. The zero-order chi connectivity index (χ0) is 22.6. The lowest BCUT2D eigenvalue weighted by molar-refractivity contribution is 0.590. The molecule has 2 heteroatoms. The summed E-state index contributed by atoms with van der Waals surface area (Å²) in [7, 11) is 0. The quantitative estimate of drug-likeness (QED) is 0.272. The average molecular weight is 427 g/mol. The third kappa shape index (κ3) is 3.22. The van der Waals surface area contributed by atoms with E-state index in [2.05, 4.69) is 128 Å². The molecular formula is C31H26N2. The number of hydrogen-bond acceptors (Lipinski definition) is 1. The number of nitrogens with zero attached hydrogens (tertiary/aromatic N) is 2. The molecule has 0 N–H and O–H groups in total. The predicted octanol–water partition coefficient (Wildman–Crippen LogP) is 8.30. The minimum atomic E-state index is 0.121. The zero-order valence-corrected chi connectivity index (χ0v) is 19.2. The van der Waals surface area contributed by atoms with Crippen LogP contribution in [0.4, 0.5) is 0 Å². The highest BCUT2D eigenvalue weighted by Crippen LogP contribution is 2.37. The van der Waals surface area contributed by atoms with Crippen molar-refractivity contribution in [2.24, 2.45) is 0 Å². The number of benzene rings is 4. The number of aromatic nitrogens is 2. The molecule has 0 aliphatic heterocycles. The molecule has 33 heavy (non-hydrogen) atoms. The zero-order valence-electron chi connectivity index (χ0n) is 19.2. The van der Waals surface area contributed by atoms with Gasteiger partial charge in [-0.15, -0.1) is 0 Å². The maximum absolute atomic E-state index is 5.23. The van der Waals surface area contributed by atoms with Gasteiger partial charge in [0.2, 0.25) is 0 Å². The molecule has 0 radical (unpaired) electrons. The third-order valence-electron chi connectivity index (χ3n) is 6.56. The van der Waals surface area contributed by atoms with Gasteiger partial charge < -0.3 is 0 Å². The lowest BCUT2D eigenvalue weighted by atomic mass is 9.86. The van der Waals surface area contributed by atoms with Crippen LogP contribution in [0.1, 0.15) is 26.3 Å². The van der Waals surface area contributed by atoms with E-state index >= 15 is 0 Å². The maximum Gasteiger partial charge on any atom is 0.146 e. The van der Waals surface area contributed by atoms with Gasteiger partial charge >= 0.3 is 0 Å². The van der Waals surface area contributed by atoms with Crippen molar-refractivity contribution >= 4 is 32.7 Å². The average Bonchev–Trinajstić information content (AvgIpc) is 3.17. The normalized spacial score (nSPS) is 12.1. The molecule has 0 bridgehead atoms. The van der Waals surface area contributed by atoms with Gasteiger partial charge in [-0.25, -0.2) is 4.98 Å². The molecule has 0 aliphatic rings. The number of rotatable bonds is 2. The first-order valence-electron chi connectivity index (χ1n) is 11.5. The smallest absolute Gasteiger partial charge is 0.146 e. The summed E-state index contributed by atoms with van der Waals surface area (Å²) in [5, 5.41) is 3.64. The van der Waals surface area contributed by atoms with Crippen LogP contribution in [0.3, 0.4) is 0 Å². The molecule has 0 spiro atoms.